The molecule has 0 saturated heterocycles. The number of rotatable bonds is 3. The average Bonchev–Trinajstić information content (AvgIpc) is 2.53. The first-order valence-electron chi connectivity index (χ1n) is 5.23. The predicted octanol–water partition coefficient (Wildman–Crippen LogP) is 1.47. The fourth-order valence-corrected chi connectivity index (χ4v) is 2.55. The second-order valence-electron chi connectivity index (χ2n) is 4.07. The zero-order valence-corrected chi connectivity index (χ0v) is 10.0. The molecular formula is C10H17N3OS. The highest BCUT2D eigenvalue weighted by atomic mass is 32.1. The Morgan fingerprint density at radius 1 is 1.60 bits per heavy atom. The van der Waals surface area contributed by atoms with E-state index in [1.165, 1.54) is 10.6 Å². The Hall–Kier alpha value is -0.650. The highest BCUT2D eigenvalue weighted by Crippen LogP contribution is 2.26. The van der Waals surface area contributed by atoms with Crippen LogP contribution in [0.2, 0.25) is 0 Å². The molecule has 15 heavy (non-hydrogen) atoms. The van der Waals surface area contributed by atoms with Gasteiger partial charge in [0, 0.05) is 24.4 Å². The highest BCUT2D eigenvalue weighted by Gasteiger charge is 2.19. The van der Waals surface area contributed by atoms with Gasteiger partial charge < -0.3 is 10.5 Å². The molecule has 2 heterocycles. The third kappa shape index (κ3) is 2.68. The molecule has 84 valence electrons. The fraction of sp³-hybridized carbons (Fsp3) is 0.700. The Labute approximate surface area is 94.1 Å². The van der Waals surface area contributed by atoms with E-state index in [1.807, 2.05) is 0 Å². The van der Waals surface area contributed by atoms with Crippen molar-refractivity contribution in [1.82, 2.24) is 9.88 Å². The normalized spacial score (nSPS) is 17.0. The highest BCUT2D eigenvalue weighted by molar-refractivity contribution is 7.15. The maximum absolute atomic E-state index is 5.68. The summed E-state index contributed by atoms with van der Waals surface area (Å²) in [5.74, 6) is 0. The van der Waals surface area contributed by atoms with E-state index in [0.29, 0.717) is 11.9 Å². The number of anilines is 1. The number of fused-ring (bicyclic) bond motifs is 1. The summed E-state index contributed by atoms with van der Waals surface area (Å²) in [6.45, 7) is 6.76. The van der Waals surface area contributed by atoms with Crippen molar-refractivity contribution in [2.75, 3.05) is 19.0 Å². The average molecular weight is 227 g/mol. The summed E-state index contributed by atoms with van der Waals surface area (Å²) >= 11 is 1.60. The molecule has 1 aliphatic heterocycles. The van der Waals surface area contributed by atoms with Gasteiger partial charge in [-0.05, 0) is 13.8 Å². The number of aromatic nitrogens is 1. The van der Waals surface area contributed by atoms with Gasteiger partial charge in [-0.15, -0.1) is 11.3 Å². The zero-order valence-electron chi connectivity index (χ0n) is 9.19. The SMILES string of the molecule is CC(C)OCN1CCc2nc(N)sc2C1. The van der Waals surface area contributed by atoms with Crippen molar-refractivity contribution in [2.45, 2.75) is 32.9 Å². The van der Waals surface area contributed by atoms with Gasteiger partial charge in [0.25, 0.3) is 0 Å². The molecule has 2 N–H and O–H groups in total. The minimum Gasteiger partial charge on any atom is -0.375 e. The van der Waals surface area contributed by atoms with Gasteiger partial charge in [-0.1, -0.05) is 0 Å². The first kappa shape index (κ1) is 10.9. The molecule has 0 radical (unpaired) electrons. The summed E-state index contributed by atoms with van der Waals surface area (Å²) < 4.78 is 5.58. The van der Waals surface area contributed by atoms with E-state index in [1.54, 1.807) is 11.3 Å². The van der Waals surface area contributed by atoms with Crippen LogP contribution in [0.5, 0.6) is 0 Å². The third-order valence-electron chi connectivity index (χ3n) is 2.42. The molecular weight excluding hydrogens is 210 g/mol. The van der Waals surface area contributed by atoms with Crippen molar-refractivity contribution in [3.05, 3.63) is 10.6 Å². The number of thiazole rings is 1. The predicted molar refractivity (Wildman–Crippen MR) is 61.7 cm³/mol. The largest absolute Gasteiger partial charge is 0.375 e. The number of nitrogen functional groups attached to an aromatic ring is 1. The molecule has 0 fully saturated rings. The van der Waals surface area contributed by atoms with Crippen LogP contribution >= 0.6 is 11.3 Å². The maximum atomic E-state index is 5.68. The topological polar surface area (TPSA) is 51.4 Å². The van der Waals surface area contributed by atoms with E-state index in [-0.39, 0.29) is 6.10 Å². The number of hydrogen-bond donors (Lipinski definition) is 1. The zero-order chi connectivity index (χ0) is 10.8. The van der Waals surface area contributed by atoms with Gasteiger partial charge >= 0.3 is 0 Å². The summed E-state index contributed by atoms with van der Waals surface area (Å²) in [5.41, 5.74) is 6.86. The second-order valence-corrected chi connectivity index (χ2v) is 5.18. The molecule has 0 aromatic carbocycles. The summed E-state index contributed by atoms with van der Waals surface area (Å²) in [7, 11) is 0. The number of nitrogens with two attached hydrogens (primary N) is 1. The minimum absolute atomic E-state index is 0.290. The van der Waals surface area contributed by atoms with Crippen LogP contribution < -0.4 is 5.73 Å². The first-order chi connectivity index (χ1) is 7.15. The molecule has 0 amide bonds. The maximum Gasteiger partial charge on any atom is 0.180 e. The van der Waals surface area contributed by atoms with Gasteiger partial charge in [-0.3, -0.25) is 4.90 Å². The molecule has 5 heteroatoms. The number of hydrogen-bond acceptors (Lipinski definition) is 5. The van der Waals surface area contributed by atoms with Crippen molar-refractivity contribution < 1.29 is 4.74 Å². The lowest BCUT2D eigenvalue weighted by Gasteiger charge is -2.26. The smallest absolute Gasteiger partial charge is 0.180 e. The molecule has 1 aromatic heterocycles. The number of nitrogens with zero attached hydrogens (tertiary/aromatic N) is 2. The van der Waals surface area contributed by atoms with E-state index < -0.39 is 0 Å². The van der Waals surface area contributed by atoms with Crippen LogP contribution in [0.4, 0.5) is 5.13 Å². The van der Waals surface area contributed by atoms with Gasteiger partial charge in [-0.2, -0.15) is 0 Å². The van der Waals surface area contributed by atoms with Gasteiger partial charge in [0.1, 0.15) is 0 Å². The van der Waals surface area contributed by atoms with Crippen LogP contribution in [0.1, 0.15) is 24.4 Å². The molecule has 0 spiro atoms. The van der Waals surface area contributed by atoms with Crippen LogP contribution in [0.3, 0.4) is 0 Å². The third-order valence-corrected chi connectivity index (χ3v) is 3.33. The van der Waals surface area contributed by atoms with E-state index in [4.69, 9.17) is 10.5 Å². The van der Waals surface area contributed by atoms with Crippen molar-refractivity contribution in [3.8, 4) is 0 Å². The standard InChI is InChI=1S/C10H17N3OS/c1-7(2)14-6-13-4-3-8-9(5-13)15-10(11)12-8/h7H,3-6H2,1-2H3,(H2,11,12). The van der Waals surface area contributed by atoms with Gasteiger partial charge in [0.05, 0.1) is 18.5 Å². The van der Waals surface area contributed by atoms with Crippen LogP contribution in [0.15, 0.2) is 0 Å². The fourth-order valence-electron chi connectivity index (χ4n) is 1.63. The molecule has 1 aliphatic rings. The lowest BCUT2D eigenvalue weighted by Crippen LogP contribution is -2.32. The molecule has 2 rings (SSSR count). The van der Waals surface area contributed by atoms with Gasteiger partial charge in [0.2, 0.25) is 0 Å². The van der Waals surface area contributed by atoms with E-state index in [0.717, 1.165) is 19.5 Å². The Bertz CT molecular complexity index is 337. The molecule has 0 aliphatic carbocycles. The van der Waals surface area contributed by atoms with Crippen LogP contribution in [0.25, 0.3) is 0 Å². The van der Waals surface area contributed by atoms with Crippen molar-refractivity contribution in [3.63, 3.8) is 0 Å². The molecule has 0 saturated carbocycles. The van der Waals surface area contributed by atoms with E-state index in [2.05, 4.69) is 23.7 Å². The Balaban J connectivity index is 1.93. The molecule has 1 aromatic rings. The van der Waals surface area contributed by atoms with Gasteiger partial charge in [-0.25, -0.2) is 4.98 Å². The van der Waals surface area contributed by atoms with Crippen LogP contribution in [0, 0.1) is 0 Å². The Kier molecular flexibility index (Phi) is 3.23. The second kappa shape index (κ2) is 4.47. The monoisotopic (exact) mass is 227 g/mol. The summed E-state index contributed by atoms with van der Waals surface area (Å²) in [4.78, 5) is 7.90. The van der Waals surface area contributed by atoms with Gasteiger partial charge in [0.15, 0.2) is 5.13 Å². The van der Waals surface area contributed by atoms with Crippen molar-refractivity contribution in [2.24, 2.45) is 0 Å². The molecule has 0 unspecified atom stereocenters. The van der Waals surface area contributed by atoms with Crippen molar-refractivity contribution >= 4 is 16.5 Å². The molecule has 4 nitrogen and oxygen atoms in total. The van der Waals surface area contributed by atoms with E-state index >= 15 is 0 Å². The summed E-state index contributed by atoms with van der Waals surface area (Å²) in [6, 6.07) is 0. The van der Waals surface area contributed by atoms with Crippen LogP contribution in [-0.2, 0) is 17.7 Å². The number of ether oxygens (including phenoxy) is 1. The lowest BCUT2D eigenvalue weighted by atomic mass is 10.2. The lowest BCUT2D eigenvalue weighted by molar-refractivity contribution is -0.0121. The molecule has 0 atom stereocenters. The Morgan fingerprint density at radius 3 is 3.13 bits per heavy atom. The van der Waals surface area contributed by atoms with E-state index in [9.17, 15) is 0 Å². The van der Waals surface area contributed by atoms with Crippen LogP contribution in [-0.4, -0.2) is 29.3 Å². The molecule has 0 bridgehead atoms. The minimum atomic E-state index is 0.290. The quantitative estimate of drug-likeness (QED) is 0.849. The first-order valence-corrected chi connectivity index (χ1v) is 6.05. The van der Waals surface area contributed by atoms with Crippen molar-refractivity contribution in [1.29, 1.82) is 0 Å². The summed E-state index contributed by atoms with van der Waals surface area (Å²) in [5, 5.41) is 0.687. The Morgan fingerprint density at radius 2 is 2.40 bits per heavy atom. The summed E-state index contributed by atoms with van der Waals surface area (Å²) in [6.07, 6.45) is 1.28.